The summed E-state index contributed by atoms with van der Waals surface area (Å²) >= 11 is 0. The predicted molar refractivity (Wildman–Crippen MR) is 67.3 cm³/mol. The molecule has 0 bridgehead atoms. The first-order chi connectivity index (χ1) is 8.20. The van der Waals surface area contributed by atoms with E-state index >= 15 is 0 Å². The van der Waals surface area contributed by atoms with E-state index in [4.69, 9.17) is 5.73 Å². The van der Waals surface area contributed by atoms with Crippen molar-refractivity contribution in [1.29, 1.82) is 0 Å². The third-order valence-corrected chi connectivity index (χ3v) is 3.50. The number of hydrogen-bond donors (Lipinski definition) is 1. The number of anilines is 1. The Morgan fingerprint density at radius 3 is 2.82 bits per heavy atom. The first kappa shape index (κ1) is 12.3. The van der Waals surface area contributed by atoms with Crippen LogP contribution in [0.1, 0.15) is 31.2 Å². The molecule has 17 heavy (non-hydrogen) atoms. The van der Waals surface area contributed by atoms with Crippen LogP contribution < -0.4 is 10.6 Å². The molecule has 3 nitrogen and oxygen atoms in total. The van der Waals surface area contributed by atoms with Crippen LogP contribution in [0.4, 0.5) is 10.2 Å². The predicted octanol–water partition coefficient (Wildman–Crippen LogP) is 2.31. The molecule has 1 aliphatic rings. The van der Waals surface area contributed by atoms with Crippen molar-refractivity contribution < 1.29 is 4.39 Å². The number of aromatic nitrogens is 1. The van der Waals surface area contributed by atoms with Crippen molar-refractivity contribution in [3.63, 3.8) is 0 Å². The van der Waals surface area contributed by atoms with Gasteiger partial charge in [-0.05, 0) is 24.8 Å². The molecule has 0 aromatic carbocycles. The number of pyridine rings is 1. The summed E-state index contributed by atoms with van der Waals surface area (Å²) in [6.45, 7) is 1.32. The minimum Gasteiger partial charge on any atom is -0.359 e. The summed E-state index contributed by atoms with van der Waals surface area (Å²) in [6.07, 6.45) is 6.52. The first-order valence-corrected chi connectivity index (χ1v) is 6.26. The molecule has 1 aromatic heterocycles. The van der Waals surface area contributed by atoms with Gasteiger partial charge in [-0.25, -0.2) is 9.37 Å². The molecule has 1 aromatic rings. The van der Waals surface area contributed by atoms with Crippen LogP contribution in [0.5, 0.6) is 0 Å². The molecule has 0 aliphatic heterocycles. The zero-order valence-electron chi connectivity index (χ0n) is 10.3. The lowest BCUT2D eigenvalue weighted by molar-refractivity contribution is 0.543. The van der Waals surface area contributed by atoms with Gasteiger partial charge in [-0.3, -0.25) is 0 Å². The van der Waals surface area contributed by atoms with Crippen LogP contribution in [0, 0.1) is 11.7 Å². The SMILES string of the molecule is CN(CC1CCCC1)c1ncc(F)cc1CN. The molecule has 1 fully saturated rings. The van der Waals surface area contributed by atoms with E-state index in [1.54, 1.807) is 0 Å². The molecule has 2 N–H and O–H groups in total. The van der Waals surface area contributed by atoms with E-state index in [-0.39, 0.29) is 5.82 Å². The third kappa shape index (κ3) is 2.94. The van der Waals surface area contributed by atoms with Crippen LogP contribution in [0.25, 0.3) is 0 Å². The summed E-state index contributed by atoms with van der Waals surface area (Å²) in [4.78, 5) is 6.27. The molecule has 1 heterocycles. The van der Waals surface area contributed by atoms with Crippen LogP contribution in [-0.4, -0.2) is 18.6 Å². The van der Waals surface area contributed by atoms with Gasteiger partial charge in [0.15, 0.2) is 0 Å². The van der Waals surface area contributed by atoms with Gasteiger partial charge < -0.3 is 10.6 Å². The molecule has 0 unspecified atom stereocenters. The lowest BCUT2D eigenvalue weighted by atomic mass is 10.1. The summed E-state index contributed by atoms with van der Waals surface area (Å²) in [5, 5.41) is 0. The summed E-state index contributed by atoms with van der Waals surface area (Å²) in [5.41, 5.74) is 6.42. The minimum absolute atomic E-state index is 0.316. The van der Waals surface area contributed by atoms with Gasteiger partial charge >= 0.3 is 0 Å². The van der Waals surface area contributed by atoms with Gasteiger partial charge in [-0.2, -0.15) is 0 Å². The molecule has 2 rings (SSSR count). The quantitative estimate of drug-likeness (QED) is 0.873. The number of halogens is 1. The third-order valence-electron chi connectivity index (χ3n) is 3.50. The Morgan fingerprint density at radius 2 is 2.18 bits per heavy atom. The molecule has 0 saturated heterocycles. The Morgan fingerprint density at radius 1 is 1.47 bits per heavy atom. The summed E-state index contributed by atoms with van der Waals surface area (Å²) in [6, 6.07) is 1.48. The van der Waals surface area contributed by atoms with Crippen LogP contribution in [0.2, 0.25) is 0 Å². The Hall–Kier alpha value is -1.16. The van der Waals surface area contributed by atoms with Gasteiger partial charge in [0.05, 0.1) is 6.20 Å². The molecule has 0 amide bonds. The minimum atomic E-state index is -0.316. The average molecular weight is 237 g/mol. The molecule has 0 radical (unpaired) electrons. The molecule has 0 spiro atoms. The van der Waals surface area contributed by atoms with Crippen molar-refractivity contribution in [3.8, 4) is 0 Å². The van der Waals surface area contributed by atoms with Gasteiger partial charge in [-0.1, -0.05) is 12.8 Å². The Kier molecular flexibility index (Phi) is 3.94. The fraction of sp³-hybridized carbons (Fsp3) is 0.615. The number of rotatable bonds is 4. The average Bonchev–Trinajstić information content (AvgIpc) is 2.81. The molecule has 1 saturated carbocycles. The van der Waals surface area contributed by atoms with E-state index in [0.29, 0.717) is 6.54 Å². The van der Waals surface area contributed by atoms with Crippen molar-refractivity contribution in [2.24, 2.45) is 11.7 Å². The zero-order valence-corrected chi connectivity index (χ0v) is 10.3. The van der Waals surface area contributed by atoms with Crippen molar-refractivity contribution in [2.75, 3.05) is 18.5 Å². The topological polar surface area (TPSA) is 42.2 Å². The highest BCUT2D eigenvalue weighted by molar-refractivity contribution is 5.46. The molecule has 4 heteroatoms. The van der Waals surface area contributed by atoms with Gasteiger partial charge in [0.1, 0.15) is 11.6 Å². The maximum absolute atomic E-state index is 13.1. The standard InChI is InChI=1S/C13H20FN3/c1-17(9-10-4-2-3-5-10)13-11(7-15)6-12(14)8-16-13/h6,8,10H,2-5,7,9,15H2,1H3. The van der Waals surface area contributed by atoms with E-state index in [2.05, 4.69) is 9.88 Å². The first-order valence-electron chi connectivity index (χ1n) is 6.26. The van der Waals surface area contributed by atoms with E-state index in [1.165, 1.54) is 37.9 Å². The van der Waals surface area contributed by atoms with Crippen molar-refractivity contribution in [1.82, 2.24) is 4.98 Å². The smallest absolute Gasteiger partial charge is 0.141 e. The summed E-state index contributed by atoms with van der Waals surface area (Å²) in [7, 11) is 2.01. The van der Waals surface area contributed by atoms with Crippen molar-refractivity contribution in [2.45, 2.75) is 32.2 Å². The van der Waals surface area contributed by atoms with Crippen LogP contribution in [0.15, 0.2) is 12.3 Å². The van der Waals surface area contributed by atoms with Crippen LogP contribution >= 0.6 is 0 Å². The van der Waals surface area contributed by atoms with E-state index < -0.39 is 0 Å². The fourth-order valence-corrected chi connectivity index (χ4v) is 2.63. The molecule has 0 atom stereocenters. The van der Waals surface area contributed by atoms with Crippen LogP contribution in [0.3, 0.4) is 0 Å². The Balaban J connectivity index is 2.09. The molecular formula is C13H20FN3. The second-order valence-electron chi connectivity index (χ2n) is 4.87. The maximum Gasteiger partial charge on any atom is 0.141 e. The van der Waals surface area contributed by atoms with Gasteiger partial charge in [-0.15, -0.1) is 0 Å². The molecule has 1 aliphatic carbocycles. The summed E-state index contributed by atoms with van der Waals surface area (Å²) in [5.74, 6) is 1.25. The monoisotopic (exact) mass is 237 g/mol. The van der Waals surface area contributed by atoms with Gasteiger partial charge in [0, 0.05) is 25.7 Å². The van der Waals surface area contributed by atoms with E-state index in [1.807, 2.05) is 7.05 Å². The second kappa shape index (κ2) is 5.45. The van der Waals surface area contributed by atoms with Gasteiger partial charge in [0.2, 0.25) is 0 Å². The number of nitrogens with two attached hydrogens (primary N) is 1. The Bertz CT molecular complexity index is 375. The highest BCUT2D eigenvalue weighted by atomic mass is 19.1. The van der Waals surface area contributed by atoms with E-state index in [0.717, 1.165) is 23.8 Å². The lowest BCUT2D eigenvalue weighted by Crippen LogP contribution is -2.26. The fourth-order valence-electron chi connectivity index (χ4n) is 2.63. The second-order valence-corrected chi connectivity index (χ2v) is 4.87. The van der Waals surface area contributed by atoms with Crippen LogP contribution in [-0.2, 0) is 6.54 Å². The normalized spacial score (nSPS) is 16.4. The largest absolute Gasteiger partial charge is 0.359 e. The van der Waals surface area contributed by atoms with E-state index in [9.17, 15) is 4.39 Å². The lowest BCUT2D eigenvalue weighted by Gasteiger charge is -2.24. The highest BCUT2D eigenvalue weighted by Gasteiger charge is 2.18. The molecular weight excluding hydrogens is 217 g/mol. The zero-order chi connectivity index (χ0) is 12.3. The number of hydrogen-bond acceptors (Lipinski definition) is 3. The Labute approximate surface area is 102 Å². The highest BCUT2D eigenvalue weighted by Crippen LogP contribution is 2.27. The van der Waals surface area contributed by atoms with Crippen molar-refractivity contribution in [3.05, 3.63) is 23.6 Å². The summed E-state index contributed by atoms with van der Waals surface area (Å²) < 4.78 is 13.1. The van der Waals surface area contributed by atoms with Gasteiger partial charge in [0.25, 0.3) is 0 Å². The molecule has 94 valence electrons. The van der Waals surface area contributed by atoms with Crippen molar-refractivity contribution >= 4 is 5.82 Å². The maximum atomic E-state index is 13.1. The number of nitrogens with zero attached hydrogens (tertiary/aromatic N) is 2.